The van der Waals surface area contributed by atoms with Crippen LogP contribution in [0.2, 0.25) is 0 Å². The Morgan fingerprint density at radius 2 is 1.92 bits per heavy atom. The fraction of sp³-hybridized carbons (Fsp3) is 0.278. The molecule has 0 atom stereocenters. The molecule has 0 saturated carbocycles. The summed E-state index contributed by atoms with van der Waals surface area (Å²) in [6.45, 7) is 5.41. The smallest absolute Gasteiger partial charge is 0.262 e. The zero-order chi connectivity index (χ0) is 18.6. The summed E-state index contributed by atoms with van der Waals surface area (Å²) < 4.78 is 28.6. The number of hydrogen-bond acceptors (Lipinski definition) is 4. The number of amides is 1. The molecule has 134 valence electrons. The van der Waals surface area contributed by atoms with Crippen LogP contribution in [0.1, 0.15) is 23.6 Å². The van der Waals surface area contributed by atoms with Crippen molar-refractivity contribution < 1.29 is 17.9 Å². The highest BCUT2D eigenvalue weighted by Crippen LogP contribution is 2.23. The van der Waals surface area contributed by atoms with Gasteiger partial charge in [-0.05, 0) is 61.2 Å². The second kappa shape index (κ2) is 7.67. The summed E-state index contributed by atoms with van der Waals surface area (Å²) in [7, 11) is -3.85. The van der Waals surface area contributed by atoms with Crippen LogP contribution in [0, 0.1) is 13.8 Å². The van der Waals surface area contributed by atoms with Crippen molar-refractivity contribution in [3.8, 4) is 5.75 Å². The minimum Gasteiger partial charge on any atom is -0.484 e. The first kappa shape index (κ1) is 19.0. The van der Waals surface area contributed by atoms with E-state index >= 15 is 0 Å². The maximum absolute atomic E-state index is 12.1. The van der Waals surface area contributed by atoms with E-state index in [2.05, 4.69) is 5.32 Å². The first-order chi connectivity index (χ1) is 11.7. The number of nitrogens with one attached hydrogen (secondary N) is 1. The fourth-order valence-corrected chi connectivity index (χ4v) is 2.93. The summed E-state index contributed by atoms with van der Waals surface area (Å²) in [5, 5.41) is 7.85. The maximum atomic E-state index is 12.1. The molecule has 0 aliphatic rings. The van der Waals surface area contributed by atoms with E-state index in [-0.39, 0.29) is 17.4 Å². The number of ether oxygens (including phenoxy) is 1. The van der Waals surface area contributed by atoms with Gasteiger partial charge in [-0.2, -0.15) is 0 Å². The van der Waals surface area contributed by atoms with Crippen molar-refractivity contribution in [2.45, 2.75) is 32.1 Å². The Bertz CT molecular complexity index is 892. The highest BCUT2D eigenvalue weighted by molar-refractivity contribution is 7.89. The van der Waals surface area contributed by atoms with Gasteiger partial charge in [0.25, 0.3) is 5.91 Å². The molecule has 0 aromatic heterocycles. The van der Waals surface area contributed by atoms with Crippen LogP contribution < -0.4 is 15.2 Å². The number of primary sulfonamides is 1. The van der Waals surface area contributed by atoms with Crippen LogP contribution in [-0.2, 0) is 21.2 Å². The molecule has 25 heavy (non-hydrogen) atoms. The normalized spacial score (nSPS) is 11.2. The van der Waals surface area contributed by atoms with E-state index in [4.69, 9.17) is 9.88 Å². The number of nitrogens with two attached hydrogens (primary N) is 1. The molecule has 6 nitrogen and oxygen atoms in total. The lowest BCUT2D eigenvalue weighted by molar-refractivity contribution is -0.118. The first-order valence-corrected chi connectivity index (χ1v) is 9.41. The van der Waals surface area contributed by atoms with Crippen LogP contribution in [0.25, 0.3) is 0 Å². The van der Waals surface area contributed by atoms with Crippen LogP contribution in [-0.4, -0.2) is 20.9 Å². The highest BCUT2D eigenvalue weighted by atomic mass is 32.2. The van der Waals surface area contributed by atoms with Crippen molar-refractivity contribution in [1.82, 2.24) is 0 Å². The Hall–Kier alpha value is -2.38. The molecule has 0 aliphatic heterocycles. The molecule has 0 bridgehead atoms. The Morgan fingerprint density at radius 3 is 2.56 bits per heavy atom. The highest BCUT2D eigenvalue weighted by Gasteiger charge is 2.14. The molecule has 0 radical (unpaired) electrons. The number of benzene rings is 2. The average Bonchev–Trinajstić information content (AvgIpc) is 2.56. The Labute approximate surface area is 148 Å². The number of sulfonamides is 1. The van der Waals surface area contributed by atoms with Gasteiger partial charge in [-0.25, -0.2) is 13.6 Å². The Morgan fingerprint density at radius 1 is 1.20 bits per heavy atom. The van der Waals surface area contributed by atoms with Gasteiger partial charge in [0.2, 0.25) is 10.0 Å². The van der Waals surface area contributed by atoms with E-state index in [0.717, 1.165) is 23.1 Å². The Balaban J connectivity index is 2.11. The fourth-order valence-electron chi connectivity index (χ4n) is 2.31. The van der Waals surface area contributed by atoms with Gasteiger partial charge in [-0.15, -0.1) is 0 Å². The molecule has 3 N–H and O–H groups in total. The molecule has 0 saturated heterocycles. The van der Waals surface area contributed by atoms with Crippen molar-refractivity contribution in [2.75, 3.05) is 11.9 Å². The van der Waals surface area contributed by atoms with E-state index in [0.29, 0.717) is 11.4 Å². The molecule has 2 aromatic carbocycles. The second-order valence-corrected chi connectivity index (χ2v) is 7.36. The molecule has 7 heteroatoms. The van der Waals surface area contributed by atoms with E-state index < -0.39 is 10.0 Å². The molecule has 0 unspecified atom stereocenters. The SMILES string of the molecule is CCc1cccc(OCC(=O)Nc2cc(S(N)(=O)=O)cc(C)c2C)c1. The molecule has 0 spiro atoms. The van der Waals surface area contributed by atoms with Gasteiger partial charge in [0.15, 0.2) is 6.61 Å². The standard InChI is InChI=1S/C18H22N2O4S/c1-4-14-6-5-7-15(9-14)24-11-18(21)20-17-10-16(25(19,22)23)8-12(2)13(17)3/h5-10H,4,11H2,1-3H3,(H,20,21)(H2,19,22,23). The van der Waals surface area contributed by atoms with Crippen molar-refractivity contribution in [3.63, 3.8) is 0 Å². The zero-order valence-electron chi connectivity index (χ0n) is 14.5. The van der Waals surface area contributed by atoms with Crippen molar-refractivity contribution in [2.24, 2.45) is 5.14 Å². The second-order valence-electron chi connectivity index (χ2n) is 5.80. The summed E-state index contributed by atoms with van der Waals surface area (Å²) in [4.78, 5) is 12.1. The van der Waals surface area contributed by atoms with Gasteiger partial charge in [0, 0.05) is 5.69 Å². The molecule has 2 rings (SSSR count). The van der Waals surface area contributed by atoms with Crippen molar-refractivity contribution >= 4 is 21.6 Å². The first-order valence-electron chi connectivity index (χ1n) is 7.86. The summed E-state index contributed by atoms with van der Waals surface area (Å²) >= 11 is 0. The molecule has 0 fully saturated rings. The van der Waals surface area contributed by atoms with Gasteiger partial charge >= 0.3 is 0 Å². The number of carbonyl (C=O) groups is 1. The van der Waals surface area contributed by atoms with Crippen molar-refractivity contribution in [3.05, 3.63) is 53.1 Å². The van der Waals surface area contributed by atoms with Crippen LogP contribution in [0.15, 0.2) is 41.3 Å². The third-order valence-electron chi connectivity index (χ3n) is 3.92. The largest absolute Gasteiger partial charge is 0.484 e. The Kier molecular flexibility index (Phi) is 5.81. The van der Waals surface area contributed by atoms with Gasteiger partial charge < -0.3 is 10.1 Å². The molecular formula is C18H22N2O4S. The van der Waals surface area contributed by atoms with E-state index in [1.807, 2.05) is 25.1 Å². The summed E-state index contributed by atoms with van der Waals surface area (Å²) in [5.41, 5.74) is 3.01. The van der Waals surface area contributed by atoms with Gasteiger partial charge in [-0.1, -0.05) is 19.1 Å². The third kappa shape index (κ3) is 5.04. The number of anilines is 1. The van der Waals surface area contributed by atoms with Crippen LogP contribution in [0.5, 0.6) is 5.75 Å². The number of hydrogen-bond donors (Lipinski definition) is 2. The van der Waals surface area contributed by atoms with E-state index in [1.165, 1.54) is 12.1 Å². The van der Waals surface area contributed by atoms with E-state index in [9.17, 15) is 13.2 Å². The molecule has 1 amide bonds. The quantitative estimate of drug-likeness (QED) is 0.825. The van der Waals surface area contributed by atoms with Crippen LogP contribution in [0.3, 0.4) is 0 Å². The molecule has 0 aliphatic carbocycles. The lowest BCUT2D eigenvalue weighted by atomic mass is 10.1. The molecule has 0 heterocycles. The van der Waals surface area contributed by atoms with Crippen LogP contribution >= 0.6 is 0 Å². The number of aryl methyl sites for hydroxylation is 2. The minimum absolute atomic E-state index is 0.0394. The third-order valence-corrected chi connectivity index (χ3v) is 4.81. The maximum Gasteiger partial charge on any atom is 0.262 e. The summed E-state index contributed by atoms with van der Waals surface area (Å²) in [5.74, 6) is 0.233. The summed E-state index contributed by atoms with van der Waals surface area (Å²) in [6, 6.07) is 10.3. The predicted octanol–water partition coefficient (Wildman–Crippen LogP) is 2.53. The average molecular weight is 362 g/mol. The van der Waals surface area contributed by atoms with Gasteiger partial charge in [0.05, 0.1) is 4.90 Å². The molecule has 2 aromatic rings. The summed E-state index contributed by atoms with van der Waals surface area (Å²) in [6.07, 6.45) is 0.877. The lowest BCUT2D eigenvalue weighted by Gasteiger charge is -2.13. The van der Waals surface area contributed by atoms with Crippen LogP contribution in [0.4, 0.5) is 5.69 Å². The van der Waals surface area contributed by atoms with Gasteiger partial charge in [0.1, 0.15) is 5.75 Å². The number of carbonyl (C=O) groups excluding carboxylic acids is 1. The zero-order valence-corrected chi connectivity index (χ0v) is 15.3. The van der Waals surface area contributed by atoms with Gasteiger partial charge in [-0.3, -0.25) is 4.79 Å². The monoisotopic (exact) mass is 362 g/mol. The number of rotatable bonds is 6. The minimum atomic E-state index is -3.85. The molecular weight excluding hydrogens is 340 g/mol. The predicted molar refractivity (Wildman–Crippen MR) is 97.2 cm³/mol. The van der Waals surface area contributed by atoms with E-state index in [1.54, 1.807) is 19.9 Å². The topological polar surface area (TPSA) is 98.5 Å². The van der Waals surface area contributed by atoms with Crippen molar-refractivity contribution in [1.29, 1.82) is 0 Å². The lowest BCUT2D eigenvalue weighted by Crippen LogP contribution is -2.21.